The number of benzene rings is 1. The highest BCUT2D eigenvalue weighted by Gasteiger charge is 2.33. The Hall–Kier alpha value is -2.13. The van der Waals surface area contributed by atoms with Crippen molar-refractivity contribution >= 4 is 21.9 Å². The van der Waals surface area contributed by atoms with Crippen LogP contribution < -0.4 is 10.1 Å². The summed E-state index contributed by atoms with van der Waals surface area (Å²) in [7, 11) is -2.35. The van der Waals surface area contributed by atoms with Crippen LogP contribution in [0.4, 0.5) is 0 Å². The van der Waals surface area contributed by atoms with Gasteiger partial charge in [-0.2, -0.15) is 4.31 Å². The SMILES string of the molecule is CCC(=O)NCc1cc(S(=O)(=O)N2CCCC(C(=O)O)C2)ccc1OC. The lowest BCUT2D eigenvalue weighted by atomic mass is 10.0. The number of hydrogen-bond donors (Lipinski definition) is 2. The number of amides is 1. The van der Waals surface area contributed by atoms with Crippen LogP contribution in [0.15, 0.2) is 23.1 Å². The second kappa shape index (κ2) is 8.50. The molecule has 26 heavy (non-hydrogen) atoms. The summed E-state index contributed by atoms with van der Waals surface area (Å²) >= 11 is 0. The molecule has 1 aromatic carbocycles. The van der Waals surface area contributed by atoms with E-state index in [0.717, 1.165) is 0 Å². The molecule has 1 unspecified atom stereocenters. The quantitative estimate of drug-likeness (QED) is 0.730. The zero-order valence-electron chi connectivity index (χ0n) is 14.9. The molecule has 0 radical (unpaired) electrons. The fourth-order valence-corrected chi connectivity index (χ4v) is 4.46. The molecule has 1 aromatic rings. The normalized spacial score (nSPS) is 18.3. The van der Waals surface area contributed by atoms with Crippen LogP contribution in [-0.4, -0.2) is 49.9 Å². The number of carboxylic acids is 1. The van der Waals surface area contributed by atoms with Gasteiger partial charge in [0.1, 0.15) is 5.75 Å². The molecule has 0 aromatic heterocycles. The van der Waals surface area contributed by atoms with Crippen LogP contribution in [0.25, 0.3) is 0 Å². The van der Waals surface area contributed by atoms with Gasteiger partial charge in [0, 0.05) is 31.6 Å². The monoisotopic (exact) mass is 384 g/mol. The van der Waals surface area contributed by atoms with E-state index >= 15 is 0 Å². The number of hydrogen-bond acceptors (Lipinski definition) is 5. The number of aliphatic carboxylic acids is 1. The minimum atomic E-state index is -3.82. The topological polar surface area (TPSA) is 113 Å². The molecule has 0 bridgehead atoms. The molecule has 1 saturated heterocycles. The number of piperidine rings is 1. The van der Waals surface area contributed by atoms with Gasteiger partial charge in [-0.3, -0.25) is 9.59 Å². The molecule has 2 N–H and O–H groups in total. The van der Waals surface area contributed by atoms with Crippen molar-refractivity contribution in [1.29, 1.82) is 0 Å². The average molecular weight is 384 g/mol. The Morgan fingerprint density at radius 3 is 2.73 bits per heavy atom. The number of methoxy groups -OCH3 is 1. The summed E-state index contributed by atoms with van der Waals surface area (Å²) in [6.07, 6.45) is 1.30. The minimum absolute atomic E-state index is 0.0361. The Morgan fingerprint density at radius 2 is 2.12 bits per heavy atom. The summed E-state index contributed by atoms with van der Waals surface area (Å²) in [5.74, 6) is -1.36. The van der Waals surface area contributed by atoms with Crippen LogP contribution >= 0.6 is 0 Å². The van der Waals surface area contributed by atoms with E-state index < -0.39 is 21.9 Å². The molecule has 0 spiro atoms. The third-order valence-electron chi connectivity index (χ3n) is 4.42. The first-order chi connectivity index (χ1) is 12.3. The molecule has 1 amide bonds. The van der Waals surface area contributed by atoms with Crippen molar-refractivity contribution in [1.82, 2.24) is 9.62 Å². The van der Waals surface area contributed by atoms with Gasteiger partial charge >= 0.3 is 5.97 Å². The zero-order valence-corrected chi connectivity index (χ0v) is 15.7. The molecule has 2 rings (SSSR count). The minimum Gasteiger partial charge on any atom is -0.496 e. The molecule has 0 saturated carbocycles. The summed E-state index contributed by atoms with van der Waals surface area (Å²) in [6, 6.07) is 4.44. The Kier molecular flexibility index (Phi) is 6.60. The molecular formula is C17H24N2O6S. The van der Waals surface area contributed by atoms with E-state index in [1.807, 2.05) is 0 Å². The number of nitrogens with one attached hydrogen (secondary N) is 1. The van der Waals surface area contributed by atoms with Gasteiger partial charge in [0.2, 0.25) is 15.9 Å². The molecule has 1 heterocycles. The number of rotatable bonds is 7. The molecule has 1 fully saturated rings. The predicted octanol–water partition coefficient (Wildman–Crippen LogP) is 1.21. The Morgan fingerprint density at radius 1 is 1.38 bits per heavy atom. The summed E-state index contributed by atoms with van der Waals surface area (Å²) in [4.78, 5) is 22.7. The van der Waals surface area contributed by atoms with Gasteiger partial charge in [-0.1, -0.05) is 6.92 Å². The van der Waals surface area contributed by atoms with E-state index in [4.69, 9.17) is 4.74 Å². The molecular weight excluding hydrogens is 360 g/mol. The number of carbonyl (C=O) groups excluding carboxylic acids is 1. The van der Waals surface area contributed by atoms with Crippen molar-refractivity contribution in [2.24, 2.45) is 5.92 Å². The molecule has 144 valence electrons. The van der Waals surface area contributed by atoms with Crippen LogP contribution in [0.5, 0.6) is 5.75 Å². The van der Waals surface area contributed by atoms with Gasteiger partial charge < -0.3 is 15.2 Å². The first-order valence-electron chi connectivity index (χ1n) is 8.46. The van der Waals surface area contributed by atoms with Crippen molar-refractivity contribution in [3.63, 3.8) is 0 Å². The van der Waals surface area contributed by atoms with Crippen molar-refractivity contribution in [3.8, 4) is 5.75 Å². The number of nitrogens with zero attached hydrogens (tertiary/aromatic N) is 1. The number of carboxylic acid groups (broad SMARTS) is 1. The first kappa shape index (κ1) is 20.2. The van der Waals surface area contributed by atoms with Crippen molar-refractivity contribution in [2.75, 3.05) is 20.2 Å². The Bertz CT molecular complexity index is 777. The summed E-state index contributed by atoms with van der Waals surface area (Å²) in [5.41, 5.74) is 0.544. The van der Waals surface area contributed by atoms with E-state index in [-0.39, 0.29) is 23.9 Å². The first-order valence-corrected chi connectivity index (χ1v) is 9.90. The van der Waals surface area contributed by atoms with Crippen LogP contribution in [0.3, 0.4) is 0 Å². The van der Waals surface area contributed by atoms with Gasteiger partial charge in [-0.15, -0.1) is 0 Å². The maximum absolute atomic E-state index is 12.9. The van der Waals surface area contributed by atoms with E-state index in [1.165, 1.54) is 23.5 Å². The van der Waals surface area contributed by atoms with E-state index in [1.54, 1.807) is 13.0 Å². The van der Waals surface area contributed by atoms with Crippen LogP contribution in [-0.2, 0) is 26.2 Å². The molecule has 1 aliphatic heterocycles. The Labute approximate surface area is 153 Å². The second-order valence-corrected chi connectivity index (χ2v) is 8.08. The van der Waals surface area contributed by atoms with Crippen LogP contribution in [0.1, 0.15) is 31.7 Å². The molecule has 1 aliphatic rings. The summed E-state index contributed by atoms with van der Waals surface area (Å²) < 4.78 is 32.3. The molecule has 1 atom stereocenters. The third kappa shape index (κ3) is 4.53. The number of carbonyl (C=O) groups is 2. The van der Waals surface area contributed by atoms with Gasteiger partial charge in [-0.25, -0.2) is 8.42 Å². The van der Waals surface area contributed by atoms with E-state index in [2.05, 4.69) is 5.32 Å². The van der Waals surface area contributed by atoms with Crippen LogP contribution in [0.2, 0.25) is 0 Å². The largest absolute Gasteiger partial charge is 0.496 e. The van der Waals surface area contributed by atoms with Gasteiger partial charge in [0.25, 0.3) is 0 Å². The second-order valence-electron chi connectivity index (χ2n) is 6.14. The lowest BCUT2D eigenvalue weighted by Crippen LogP contribution is -2.42. The highest BCUT2D eigenvalue weighted by Crippen LogP contribution is 2.27. The van der Waals surface area contributed by atoms with Crippen molar-refractivity contribution in [3.05, 3.63) is 23.8 Å². The maximum Gasteiger partial charge on any atom is 0.307 e. The number of ether oxygens (including phenoxy) is 1. The third-order valence-corrected chi connectivity index (χ3v) is 6.28. The van der Waals surface area contributed by atoms with Crippen molar-refractivity contribution < 1.29 is 27.9 Å². The lowest BCUT2D eigenvalue weighted by molar-refractivity contribution is -0.142. The standard InChI is InChI=1S/C17H24N2O6S/c1-3-16(20)18-10-13-9-14(6-7-15(13)25-2)26(23,24)19-8-4-5-12(11-19)17(21)22/h6-7,9,12H,3-5,8,10-11H2,1-2H3,(H,18,20)(H,21,22). The highest BCUT2D eigenvalue weighted by molar-refractivity contribution is 7.89. The highest BCUT2D eigenvalue weighted by atomic mass is 32.2. The smallest absolute Gasteiger partial charge is 0.307 e. The average Bonchev–Trinajstić information content (AvgIpc) is 2.65. The van der Waals surface area contributed by atoms with Gasteiger partial charge in [0.15, 0.2) is 0 Å². The fourth-order valence-electron chi connectivity index (χ4n) is 2.88. The van der Waals surface area contributed by atoms with Crippen LogP contribution in [0, 0.1) is 5.92 Å². The Balaban J connectivity index is 2.28. The van der Waals surface area contributed by atoms with Gasteiger partial charge in [0.05, 0.1) is 17.9 Å². The number of sulfonamides is 1. The van der Waals surface area contributed by atoms with E-state index in [0.29, 0.717) is 37.1 Å². The lowest BCUT2D eigenvalue weighted by Gasteiger charge is -2.30. The summed E-state index contributed by atoms with van der Waals surface area (Å²) in [5, 5.41) is 11.9. The summed E-state index contributed by atoms with van der Waals surface area (Å²) in [6.45, 7) is 2.13. The van der Waals surface area contributed by atoms with Crippen molar-refractivity contribution in [2.45, 2.75) is 37.6 Å². The van der Waals surface area contributed by atoms with E-state index in [9.17, 15) is 23.1 Å². The fraction of sp³-hybridized carbons (Fsp3) is 0.529. The maximum atomic E-state index is 12.9. The zero-order chi connectivity index (χ0) is 19.3. The van der Waals surface area contributed by atoms with Gasteiger partial charge in [-0.05, 0) is 31.0 Å². The molecule has 9 heteroatoms. The predicted molar refractivity (Wildman–Crippen MR) is 94.3 cm³/mol. The molecule has 0 aliphatic carbocycles. The molecule has 8 nitrogen and oxygen atoms in total.